The normalized spacial score (nSPS) is 25.1. The summed E-state index contributed by atoms with van der Waals surface area (Å²) in [5.41, 5.74) is 3.66. The van der Waals surface area contributed by atoms with Gasteiger partial charge < -0.3 is 9.05 Å². The molecule has 4 aliphatic rings. The molecule has 0 radical (unpaired) electrons. The SMILES string of the molecule is CSC(CCCCOP(C1CCCCC1)C1CCCCC1)COP(C1CCCCC1)C1CCCCC1. The number of rotatable bonds is 14. The van der Waals surface area contributed by atoms with Crippen molar-refractivity contribution in [2.45, 2.75) is 176 Å². The lowest BCUT2D eigenvalue weighted by Crippen LogP contribution is -2.23. The summed E-state index contributed by atoms with van der Waals surface area (Å²) in [4.78, 5) is 0. The van der Waals surface area contributed by atoms with Gasteiger partial charge in [-0.15, -0.1) is 0 Å². The Labute approximate surface area is 231 Å². The number of hydrogen-bond acceptors (Lipinski definition) is 3. The van der Waals surface area contributed by atoms with E-state index in [1.807, 2.05) is 0 Å². The van der Waals surface area contributed by atoms with Gasteiger partial charge in [0.05, 0.1) is 13.2 Å². The largest absolute Gasteiger partial charge is 0.359 e. The molecule has 0 aliphatic heterocycles. The van der Waals surface area contributed by atoms with Crippen LogP contribution in [0.4, 0.5) is 0 Å². The highest BCUT2D eigenvalue weighted by molar-refractivity contribution is 7.99. The molecule has 4 fully saturated rings. The van der Waals surface area contributed by atoms with E-state index in [0.29, 0.717) is 5.25 Å². The van der Waals surface area contributed by atoms with E-state index in [2.05, 4.69) is 18.0 Å². The predicted octanol–water partition coefficient (Wildman–Crippen LogP) is 11.0. The fraction of sp³-hybridized carbons (Fsp3) is 1.00. The van der Waals surface area contributed by atoms with Crippen LogP contribution in [0.2, 0.25) is 0 Å². The van der Waals surface area contributed by atoms with Crippen LogP contribution in [0.1, 0.15) is 148 Å². The highest BCUT2D eigenvalue weighted by Crippen LogP contribution is 2.57. The minimum atomic E-state index is -0.216. The van der Waals surface area contributed by atoms with Crippen molar-refractivity contribution in [3.63, 3.8) is 0 Å². The second-order valence-corrected chi connectivity index (χ2v) is 18.4. The van der Waals surface area contributed by atoms with Crippen molar-refractivity contribution in [2.24, 2.45) is 0 Å². The quantitative estimate of drug-likeness (QED) is 0.157. The molecule has 5 heteroatoms. The van der Waals surface area contributed by atoms with E-state index in [1.54, 1.807) is 0 Å². The molecule has 0 heterocycles. The molecule has 0 spiro atoms. The molecule has 0 amide bonds. The third-order valence-electron chi connectivity index (χ3n) is 9.64. The third kappa shape index (κ3) is 9.95. The summed E-state index contributed by atoms with van der Waals surface area (Å²) in [5, 5.41) is 0.681. The summed E-state index contributed by atoms with van der Waals surface area (Å²) in [6, 6.07) is 0. The van der Waals surface area contributed by atoms with Gasteiger partial charge in [-0.2, -0.15) is 11.8 Å². The first kappa shape index (κ1) is 30.1. The van der Waals surface area contributed by atoms with Gasteiger partial charge in [-0.25, -0.2) is 0 Å². The van der Waals surface area contributed by atoms with E-state index in [0.717, 1.165) is 35.8 Å². The highest BCUT2D eigenvalue weighted by Gasteiger charge is 2.34. The lowest BCUT2D eigenvalue weighted by Gasteiger charge is -2.38. The number of unbranched alkanes of at least 4 members (excludes halogenated alkanes) is 1. The standard InChI is InChI=1S/C31H58O2P2S/c1-36-31(26-33-35(29-20-10-4-11-21-29)30-22-12-5-13-23-30)24-14-15-25-32-34(27-16-6-2-7-17-27)28-18-8-3-9-19-28/h27-31H,2-26H2,1H3. The third-order valence-corrected chi connectivity index (χ3v) is 16.6. The molecule has 36 heavy (non-hydrogen) atoms. The molecule has 0 aromatic rings. The topological polar surface area (TPSA) is 18.5 Å². The zero-order chi connectivity index (χ0) is 24.8. The smallest absolute Gasteiger partial charge is 0.0628 e. The van der Waals surface area contributed by atoms with Crippen molar-refractivity contribution in [3.8, 4) is 0 Å². The molecule has 4 rings (SSSR count). The Morgan fingerprint density at radius 2 is 0.944 bits per heavy atom. The van der Waals surface area contributed by atoms with Gasteiger partial charge in [0.25, 0.3) is 0 Å². The Hall–Kier alpha value is 1.13. The fourth-order valence-corrected chi connectivity index (χ4v) is 14.4. The zero-order valence-electron chi connectivity index (χ0n) is 23.7. The summed E-state index contributed by atoms with van der Waals surface area (Å²) >= 11 is 2.06. The molecule has 2 nitrogen and oxygen atoms in total. The molecular formula is C31H58O2P2S. The van der Waals surface area contributed by atoms with E-state index in [1.165, 1.54) is 148 Å². The van der Waals surface area contributed by atoms with Gasteiger partial charge in [-0.1, -0.05) is 77.0 Å². The minimum Gasteiger partial charge on any atom is -0.359 e. The first-order chi connectivity index (χ1) is 17.8. The maximum Gasteiger partial charge on any atom is 0.0628 e. The number of hydrogen-bond donors (Lipinski definition) is 0. The second kappa shape index (κ2) is 17.7. The Morgan fingerprint density at radius 1 is 0.556 bits per heavy atom. The molecular weight excluding hydrogens is 498 g/mol. The van der Waals surface area contributed by atoms with Crippen LogP contribution in [-0.2, 0) is 9.05 Å². The monoisotopic (exact) mass is 556 g/mol. The number of thioether (sulfide) groups is 1. The Bertz CT molecular complexity index is 519. The van der Waals surface area contributed by atoms with Crippen molar-refractivity contribution in [2.75, 3.05) is 19.5 Å². The van der Waals surface area contributed by atoms with Gasteiger partial charge >= 0.3 is 0 Å². The van der Waals surface area contributed by atoms with E-state index < -0.39 is 0 Å². The average molecular weight is 557 g/mol. The van der Waals surface area contributed by atoms with Crippen LogP contribution in [0.15, 0.2) is 0 Å². The van der Waals surface area contributed by atoms with Crippen LogP contribution in [-0.4, -0.2) is 47.4 Å². The van der Waals surface area contributed by atoms with Gasteiger partial charge in [-0.3, -0.25) is 0 Å². The molecule has 0 aromatic heterocycles. The Kier molecular flexibility index (Phi) is 14.8. The van der Waals surface area contributed by atoms with Crippen LogP contribution < -0.4 is 0 Å². The summed E-state index contributed by atoms with van der Waals surface area (Å²) in [6.07, 6.45) is 35.3. The Balaban J connectivity index is 1.18. The van der Waals surface area contributed by atoms with Gasteiger partial charge in [0.1, 0.15) is 0 Å². The molecule has 1 atom stereocenters. The molecule has 4 saturated carbocycles. The first-order valence-corrected chi connectivity index (χ1v) is 20.3. The molecule has 0 saturated heterocycles. The lowest BCUT2D eigenvalue weighted by molar-refractivity contribution is 0.300. The van der Waals surface area contributed by atoms with Crippen molar-refractivity contribution in [1.82, 2.24) is 0 Å². The van der Waals surface area contributed by atoms with Crippen molar-refractivity contribution < 1.29 is 9.05 Å². The zero-order valence-corrected chi connectivity index (χ0v) is 26.3. The van der Waals surface area contributed by atoms with E-state index in [4.69, 9.17) is 9.05 Å². The fourth-order valence-electron chi connectivity index (χ4n) is 7.44. The molecule has 0 bridgehead atoms. The summed E-state index contributed by atoms with van der Waals surface area (Å²) in [5.74, 6) is 0. The van der Waals surface area contributed by atoms with Gasteiger partial charge in [0.15, 0.2) is 0 Å². The van der Waals surface area contributed by atoms with Crippen molar-refractivity contribution in [3.05, 3.63) is 0 Å². The van der Waals surface area contributed by atoms with Gasteiger partial charge in [-0.05, 0) is 76.9 Å². The molecule has 0 N–H and O–H groups in total. The van der Waals surface area contributed by atoms with Crippen LogP contribution in [0.3, 0.4) is 0 Å². The van der Waals surface area contributed by atoms with Gasteiger partial charge in [0, 0.05) is 44.2 Å². The second-order valence-electron chi connectivity index (χ2n) is 12.4. The molecule has 0 aromatic carbocycles. The van der Waals surface area contributed by atoms with Gasteiger partial charge in [0.2, 0.25) is 0 Å². The minimum absolute atomic E-state index is 0.190. The molecule has 1 unspecified atom stereocenters. The first-order valence-electron chi connectivity index (χ1n) is 16.2. The average Bonchev–Trinajstić information content (AvgIpc) is 2.96. The molecule has 4 aliphatic carbocycles. The van der Waals surface area contributed by atoms with Crippen LogP contribution >= 0.6 is 28.1 Å². The highest BCUT2D eigenvalue weighted by atomic mass is 32.2. The maximum absolute atomic E-state index is 6.94. The lowest BCUT2D eigenvalue weighted by atomic mass is 10.00. The van der Waals surface area contributed by atoms with E-state index in [-0.39, 0.29) is 16.3 Å². The van der Waals surface area contributed by atoms with Crippen LogP contribution in [0.25, 0.3) is 0 Å². The predicted molar refractivity (Wildman–Crippen MR) is 164 cm³/mol. The van der Waals surface area contributed by atoms with E-state index in [9.17, 15) is 0 Å². The van der Waals surface area contributed by atoms with E-state index >= 15 is 0 Å². The summed E-state index contributed by atoms with van der Waals surface area (Å²) in [7, 11) is -0.407. The van der Waals surface area contributed by atoms with Crippen LogP contribution in [0, 0.1) is 0 Å². The van der Waals surface area contributed by atoms with Crippen molar-refractivity contribution >= 4 is 28.1 Å². The summed E-state index contributed by atoms with van der Waals surface area (Å²) in [6.45, 7) is 2.04. The molecule has 210 valence electrons. The van der Waals surface area contributed by atoms with Crippen molar-refractivity contribution in [1.29, 1.82) is 0 Å². The Morgan fingerprint density at radius 3 is 1.33 bits per heavy atom. The summed E-state index contributed by atoms with van der Waals surface area (Å²) < 4.78 is 13.8. The maximum atomic E-state index is 6.94. The van der Waals surface area contributed by atoms with Crippen LogP contribution in [0.5, 0.6) is 0 Å².